The van der Waals surface area contributed by atoms with Crippen LogP contribution in [0.2, 0.25) is 0 Å². The molecule has 0 bridgehead atoms. The summed E-state index contributed by atoms with van der Waals surface area (Å²) in [4.78, 5) is 29.7. The second kappa shape index (κ2) is 8.64. The average Bonchev–Trinajstić information content (AvgIpc) is 2.69. The van der Waals surface area contributed by atoms with E-state index >= 15 is 0 Å². The molecule has 3 rings (SSSR count). The van der Waals surface area contributed by atoms with Gasteiger partial charge in [-0.1, -0.05) is 6.07 Å². The van der Waals surface area contributed by atoms with E-state index in [2.05, 4.69) is 10.3 Å². The van der Waals surface area contributed by atoms with E-state index in [-0.39, 0.29) is 12.5 Å². The largest absolute Gasteiger partial charge is 0.452 e. The Balaban J connectivity index is 1.60. The number of aromatic amines is 1. The first kappa shape index (κ1) is 18.8. The molecule has 1 aliphatic rings. The molecule has 0 radical (unpaired) electrons. The number of hydrogen-bond donors (Lipinski definition) is 1. The van der Waals surface area contributed by atoms with E-state index in [1.165, 1.54) is 0 Å². The molecule has 7 nitrogen and oxygen atoms in total. The van der Waals surface area contributed by atoms with Gasteiger partial charge >= 0.3 is 5.97 Å². The zero-order valence-electron chi connectivity index (χ0n) is 15.6. The number of hydrogen-bond acceptors (Lipinski definition) is 5. The van der Waals surface area contributed by atoms with Crippen molar-refractivity contribution in [3.63, 3.8) is 0 Å². The monoisotopic (exact) mass is 370 g/mol. The first-order valence-corrected chi connectivity index (χ1v) is 8.92. The number of aromatic nitrogens is 1. The van der Waals surface area contributed by atoms with Crippen LogP contribution in [0, 0.1) is 13.8 Å². The Bertz CT molecular complexity index is 832. The number of nitrogens with one attached hydrogen (secondary N) is 2. The summed E-state index contributed by atoms with van der Waals surface area (Å²) in [5.74, 6) is -0.233. The van der Waals surface area contributed by atoms with Crippen LogP contribution in [-0.2, 0) is 14.3 Å². The molecule has 1 amide bonds. The molecule has 142 valence electrons. The number of pyridine rings is 1. The minimum atomic E-state index is -0.538. The standard InChI is InChI=1S/C20H23N3O4/c1-14-5-6-16(12-15(14)2)22-18(24)13-27-20(25)17-4-3-7-21-19(17)23-8-10-26-11-9-23/h3-7,12H,8-11,13H2,1-2H3,(H,22,24)/p+1. The third-order valence-electron chi connectivity index (χ3n) is 4.51. The van der Waals surface area contributed by atoms with Crippen molar-refractivity contribution in [1.82, 2.24) is 0 Å². The Hall–Kier alpha value is -2.93. The van der Waals surface area contributed by atoms with Gasteiger partial charge < -0.3 is 14.8 Å². The van der Waals surface area contributed by atoms with Crippen molar-refractivity contribution in [3.05, 3.63) is 53.2 Å². The van der Waals surface area contributed by atoms with E-state index < -0.39 is 5.97 Å². The average molecular weight is 370 g/mol. The molecule has 1 fully saturated rings. The molecule has 1 aliphatic heterocycles. The van der Waals surface area contributed by atoms with Gasteiger partial charge in [0.1, 0.15) is 18.7 Å². The van der Waals surface area contributed by atoms with E-state index in [4.69, 9.17) is 9.47 Å². The number of benzene rings is 1. The highest BCUT2D eigenvalue weighted by Gasteiger charge is 2.27. The van der Waals surface area contributed by atoms with Gasteiger partial charge in [-0.25, -0.2) is 9.78 Å². The van der Waals surface area contributed by atoms with Crippen LogP contribution in [0.15, 0.2) is 36.5 Å². The van der Waals surface area contributed by atoms with Crippen LogP contribution in [0.4, 0.5) is 11.5 Å². The molecule has 0 saturated carbocycles. The quantitative estimate of drug-likeness (QED) is 0.811. The second-order valence-corrected chi connectivity index (χ2v) is 6.46. The highest BCUT2D eigenvalue weighted by Crippen LogP contribution is 2.17. The molecular formula is C20H24N3O4+. The summed E-state index contributed by atoms with van der Waals surface area (Å²) in [6, 6.07) is 9.06. The summed E-state index contributed by atoms with van der Waals surface area (Å²) in [6.45, 7) is 6.23. The zero-order chi connectivity index (χ0) is 19.2. The summed E-state index contributed by atoms with van der Waals surface area (Å²) < 4.78 is 10.6. The summed E-state index contributed by atoms with van der Waals surface area (Å²) in [7, 11) is 0. The number of anilines is 2. The molecule has 2 N–H and O–H groups in total. The first-order chi connectivity index (χ1) is 13.0. The number of H-pyrrole nitrogens is 1. The number of rotatable bonds is 5. The Morgan fingerprint density at radius 2 is 1.96 bits per heavy atom. The normalized spacial score (nSPS) is 13.9. The maximum atomic E-state index is 12.5. The Morgan fingerprint density at radius 3 is 2.70 bits per heavy atom. The lowest BCUT2D eigenvalue weighted by atomic mass is 10.1. The second-order valence-electron chi connectivity index (χ2n) is 6.46. The number of nitrogens with zero attached hydrogens (tertiary/aromatic N) is 1. The third kappa shape index (κ3) is 4.83. The van der Waals surface area contributed by atoms with Crippen LogP contribution in [0.1, 0.15) is 21.5 Å². The van der Waals surface area contributed by atoms with Gasteiger partial charge in [0, 0.05) is 5.69 Å². The van der Waals surface area contributed by atoms with Gasteiger partial charge in [-0.05, 0) is 49.2 Å². The Morgan fingerprint density at radius 1 is 1.19 bits per heavy atom. The van der Waals surface area contributed by atoms with Gasteiger partial charge in [-0.2, -0.15) is 0 Å². The summed E-state index contributed by atoms with van der Waals surface area (Å²) in [5, 5.41) is 2.74. The lowest BCUT2D eigenvalue weighted by Crippen LogP contribution is -2.40. The number of amides is 1. The Labute approximate surface area is 158 Å². The maximum absolute atomic E-state index is 12.5. The molecule has 2 heterocycles. The van der Waals surface area contributed by atoms with Crippen LogP contribution in [-0.4, -0.2) is 44.8 Å². The number of carbonyl (C=O) groups excluding carboxylic acids is 2. The van der Waals surface area contributed by atoms with Gasteiger partial charge in [0.2, 0.25) is 0 Å². The van der Waals surface area contributed by atoms with Gasteiger partial charge in [0.15, 0.2) is 6.61 Å². The van der Waals surface area contributed by atoms with Crippen molar-refractivity contribution < 1.29 is 24.0 Å². The fraction of sp³-hybridized carbons (Fsp3) is 0.350. The highest BCUT2D eigenvalue weighted by molar-refractivity contribution is 5.97. The predicted molar refractivity (Wildman–Crippen MR) is 101 cm³/mol. The fourth-order valence-electron chi connectivity index (χ4n) is 2.87. The van der Waals surface area contributed by atoms with E-state index in [9.17, 15) is 9.59 Å². The number of morpholine rings is 1. The number of carbonyl (C=O) groups is 2. The minimum Gasteiger partial charge on any atom is -0.452 e. The van der Waals surface area contributed by atoms with Crippen molar-refractivity contribution in [2.75, 3.05) is 43.1 Å². The molecule has 7 heteroatoms. The highest BCUT2D eigenvalue weighted by atomic mass is 16.5. The van der Waals surface area contributed by atoms with Crippen LogP contribution in [0.25, 0.3) is 0 Å². The van der Waals surface area contributed by atoms with E-state index in [1.54, 1.807) is 18.3 Å². The maximum Gasteiger partial charge on any atom is 0.347 e. The number of ether oxygens (including phenoxy) is 2. The molecule has 1 aromatic heterocycles. The molecule has 1 saturated heterocycles. The summed E-state index contributed by atoms with van der Waals surface area (Å²) >= 11 is 0. The minimum absolute atomic E-state index is 0.344. The van der Waals surface area contributed by atoms with E-state index in [0.717, 1.165) is 11.1 Å². The number of aryl methyl sites for hydroxylation is 2. The van der Waals surface area contributed by atoms with Gasteiger partial charge in [0.25, 0.3) is 11.7 Å². The van der Waals surface area contributed by atoms with Crippen molar-refractivity contribution >= 4 is 23.4 Å². The fourth-order valence-corrected chi connectivity index (χ4v) is 2.87. The summed E-state index contributed by atoms with van der Waals surface area (Å²) in [5.41, 5.74) is 3.31. The molecule has 0 atom stereocenters. The molecule has 1 aromatic carbocycles. The van der Waals surface area contributed by atoms with Crippen LogP contribution < -0.4 is 15.2 Å². The molecule has 0 spiro atoms. The molecule has 2 aromatic rings. The van der Waals surface area contributed by atoms with Crippen LogP contribution in [0.5, 0.6) is 0 Å². The van der Waals surface area contributed by atoms with Crippen molar-refractivity contribution in [2.24, 2.45) is 0 Å². The van der Waals surface area contributed by atoms with E-state index in [1.807, 2.05) is 36.9 Å². The van der Waals surface area contributed by atoms with E-state index in [0.29, 0.717) is 43.4 Å². The SMILES string of the molecule is Cc1ccc(NC(=O)COC(=O)c2ccc[nH+]c2N2CCOCC2)cc1C. The lowest BCUT2D eigenvalue weighted by Gasteiger charge is -2.22. The van der Waals surface area contributed by atoms with Gasteiger partial charge in [-0.15, -0.1) is 0 Å². The van der Waals surface area contributed by atoms with Crippen LogP contribution >= 0.6 is 0 Å². The Kier molecular flexibility index (Phi) is 6.03. The van der Waals surface area contributed by atoms with Crippen molar-refractivity contribution in [1.29, 1.82) is 0 Å². The van der Waals surface area contributed by atoms with Gasteiger partial charge in [-0.3, -0.25) is 9.69 Å². The smallest absolute Gasteiger partial charge is 0.347 e. The number of esters is 1. The predicted octanol–water partition coefficient (Wildman–Crippen LogP) is 1.75. The van der Waals surface area contributed by atoms with Crippen molar-refractivity contribution in [3.8, 4) is 0 Å². The van der Waals surface area contributed by atoms with Gasteiger partial charge in [0.05, 0.1) is 19.4 Å². The van der Waals surface area contributed by atoms with Crippen LogP contribution in [0.3, 0.4) is 0 Å². The molecule has 0 aliphatic carbocycles. The topological polar surface area (TPSA) is 82.0 Å². The lowest BCUT2D eigenvalue weighted by molar-refractivity contribution is -0.364. The zero-order valence-corrected chi connectivity index (χ0v) is 15.6. The first-order valence-electron chi connectivity index (χ1n) is 8.92. The van der Waals surface area contributed by atoms with Crippen molar-refractivity contribution in [2.45, 2.75) is 13.8 Å². The molecular weight excluding hydrogens is 346 g/mol. The third-order valence-corrected chi connectivity index (χ3v) is 4.51. The molecule has 27 heavy (non-hydrogen) atoms. The molecule has 0 unspecified atom stereocenters. The summed E-state index contributed by atoms with van der Waals surface area (Å²) in [6.07, 6.45) is 1.76.